The van der Waals surface area contributed by atoms with Crippen molar-refractivity contribution in [3.8, 4) is 5.75 Å². The number of pyridine rings is 1. The highest BCUT2D eigenvalue weighted by Gasteiger charge is 2.26. The van der Waals surface area contributed by atoms with Crippen LogP contribution in [0, 0.1) is 13.8 Å². The van der Waals surface area contributed by atoms with Crippen molar-refractivity contribution in [3.05, 3.63) is 47.7 Å². The summed E-state index contributed by atoms with van der Waals surface area (Å²) in [5.41, 5.74) is 3.01. The van der Waals surface area contributed by atoms with Crippen LogP contribution in [0.2, 0.25) is 0 Å². The lowest BCUT2D eigenvalue weighted by Gasteiger charge is -2.35. The second-order valence-corrected chi connectivity index (χ2v) is 5.81. The molecule has 2 aromatic rings. The average molecular weight is 311 g/mol. The van der Waals surface area contributed by atoms with Crippen LogP contribution in [-0.2, 0) is 4.79 Å². The number of piperazine rings is 1. The molecule has 0 saturated carbocycles. The van der Waals surface area contributed by atoms with Crippen LogP contribution in [-0.4, -0.2) is 37.6 Å². The van der Waals surface area contributed by atoms with Crippen LogP contribution in [0.3, 0.4) is 0 Å². The summed E-state index contributed by atoms with van der Waals surface area (Å²) in [7, 11) is 1.63. The van der Waals surface area contributed by atoms with Crippen LogP contribution in [0.15, 0.2) is 36.4 Å². The molecule has 1 aromatic carbocycles. The quantitative estimate of drug-likeness (QED) is 0.874. The van der Waals surface area contributed by atoms with Crippen LogP contribution in [0.4, 0.5) is 11.5 Å². The monoisotopic (exact) mass is 311 g/mol. The third kappa shape index (κ3) is 3.28. The van der Waals surface area contributed by atoms with Gasteiger partial charge in [0.1, 0.15) is 11.6 Å². The number of aryl methyl sites for hydroxylation is 2. The molecule has 0 N–H and O–H groups in total. The van der Waals surface area contributed by atoms with Gasteiger partial charge in [0.25, 0.3) is 0 Å². The highest BCUT2D eigenvalue weighted by Crippen LogP contribution is 2.24. The van der Waals surface area contributed by atoms with Gasteiger partial charge in [-0.2, -0.15) is 0 Å². The van der Waals surface area contributed by atoms with E-state index in [0.29, 0.717) is 13.1 Å². The van der Waals surface area contributed by atoms with Gasteiger partial charge in [-0.05, 0) is 43.7 Å². The first kappa shape index (κ1) is 15.3. The first-order valence-corrected chi connectivity index (χ1v) is 7.71. The van der Waals surface area contributed by atoms with E-state index in [4.69, 9.17) is 4.74 Å². The number of hydrogen-bond donors (Lipinski definition) is 0. The molecule has 120 valence electrons. The predicted octanol–water partition coefficient (Wildman–Crippen LogP) is 2.56. The van der Waals surface area contributed by atoms with E-state index >= 15 is 0 Å². The van der Waals surface area contributed by atoms with Gasteiger partial charge < -0.3 is 14.5 Å². The minimum Gasteiger partial charge on any atom is -0.497 e. The maximum Gasteiger partial charge on any atom is 0.246 e. The first-order chi connectivity index (χ1) is 11.1. The molecular weight excluding hydrogens is 290 g/mol. The zero-order valence-corrected chi connectivity index (χ0v) is 13.7. The number of anilines is 2. The second kappa shape index (κ2) is 6.28. The third-order valence-corrected chi connectivity index (χ3v) is 3.99. The van der Waals surface area contributed by atoms with Crippen molar-refractivity contribution in [1.82, 2.24) is 4.98 Å². The Kier molecular flexibility index (Phi) is 4.19. The van der Waals surface area contributed by atoms with Gasteiger partial charge in [0.05, 0.1) is 13.7 Å². The summed E-state index contributed by atoms with van der Waals surface area (Å²) in [4.78, 5) is 21.0. The van der Waals surface area contributed by atoms with E-state index < -0.39 is 0 Å². The Morgan fingerprint density at radius 2 is 1.96 bits per heavy atom. The number of ether oxygens (including phenoxy) is 1. The van der Waals surface area contributed by atoms with E-state index in [-0.39, 0.29) is 5.91 Å². The van der Waals surface area contributed by atoms with E-state index in [0.717, 1.165) is 35.1 Å². The number of nitrogens with zero attached hydrogens (tertiary/aromatic N) is 3. The van der Waals surface area contributed by atoms with Gasteiger partial charge in [-0.1, -0.05) is 6.07 Å². The standard InChI is InChI=1S/C18H21N3O2/c1-13-9-14(2)19-17(10-13)20-7-8-21(18(22)12-20)15-5-4-6-16(11-15)23-3/h4-6,9-11H,7-8,12H2,1-3H3. The molecule has 0 radical (unpaired) electrons. The Balaban J connectivity index is 1.78. The van der Waals surface area contributed by atoms with Gasteiger partial charge >= 0.3 is 0 Å². The van der Waals surface area contributed by atoms with Crippen molar-refractivity contribution in [1.29, 1.82) is 0 Å². The maximum atomic E-state index is 12.6. The van der Waals surface area contributed by atoms with Gasteiger partial charge in [0.2, 0.25) is 5.91 Å². The molecule has 1 amide bonds. The molecule has 1 saturated heterocycles. The molecule has 0 atom stereocenters. The molecule has 5 nitrogen and oxygen atoms in total. The third-order valence-electron chi connectivity index (χ3n) is 3.99. The molecule has 1 aliphatic rings. The van der Waals surface area contributed by atoms with Crippen LogP contribution in [0.1, 0.15) is 11.3 Å². The highest BCUT2D eigenvalue weighted by molar-refractivity contribution is 5.97. The minimum absolute atomic E-state index is 0.0745. The molecule has 0 aliphatic carbocycles. The topological polar surface area (TPSA) is 45.7 Å². The van der Waals surface area contributed by atoms with Gasteiger partial charge in [-0.15, -0.1) is 0 Å². The van der Waals surface area contributed by atoms with Crippen LogP contribution >= 0.6 is 0 Å². The normalized spacial score (nSPS) is 15.0. The summed E-state index contributed by atoms with van der Waals surface area (Å²) in [6.45, 7) is 5.77. The number of methoxy groups -OCH3 is 1. The molecule has 2 heterocycles. The number of hydrogen-bond acceptors (Lipinski definition) is 4. The summed E-state index contributed by atoms with van der Waals surface area (Å²) < 4.78 is 5.24. The Bertz CT molecular complexity index is 710. The lowest BCUT2D eigenvalue weighted by molar-refractivity contribution is -0.117. The highest BCUT2D eigenvalue weighted by atomic mass is 16.5. The number of rotatable bonds is 3. The number of aromatic nitrogens is 1. The summed E-state index contributed by atoms with van der Waals surface area (Å²) >= 11 is 0. The fourth-order valence-corrected chi connectivity index (χ4v) is 2.90. The first-order valence-electron chi connectivity index (χ1n) is 7.71. The largest absolute Gasteiger partial charge is 0.497 e. The Morgan fingerprint density at radius 1 is 1.13 bits per heavy atom. The Labute approximate surface area is 136 Å². The van der Waals surface area contributed by atoms with E-state index in [9.17, 15) is 4.79 Å². The molecule has 1 aromatic heterocycles. The molecule has 1 aliphatic heterocycles. The number of amides is 1. The van der Waals surface area contributed by atoms with Crippen LogP contribution < -0.4 is 14.5 Å². The van der Waals surface area contributed by atoms with Crippen molar-refractivity contribution >= 4 is 17.4 Å². The van der Waals surface area contributed by atoms with E-state index in [1.165, 1.54) is 0 Å². The van der Waals surface area contributed by atoms with Crippen molar-refractivity contribution in [2.45, 2.75) is 13.8 Å². The Morgan fingerprint density at radius 3 is 2.65 bits per heavy atom. The molecule has 0 unspecified atom stereocenters. The van der Waals surface area contributed by atoms with Crippen molar-refractivity contribution in [2.75, 3.05) is 36.5 Å². The average Bonchev–Trinajstić information content (AvgIpc) is 2.54. The molecule has 23 heavy (non-hydrogen) atoms. The summed E-state index contributed by atoms with van der Waals surface area (Å²) in [5.74, 6) is 1.71. The molecule has 1 fully saturated rings. The lowest BCUT2D eigenvalue weighted by Crippen LogP contribution is -2.51. The number of benzene rings is 1. The van der Waals surface area contributed by atoms with Crippen molar-refractivity contribution in [2.24, 2.45) is 0 Å². The van der Waals surface area contributed by atoms with Gasteiger partial charge in [0.15, 0.2) is 0 Å². The number of carbonyl (C=O) groups is 1. The zero-order valence-electron chi connectivity index (χ0n) is 13.7. The fourth-order valence-electron chi connectivity index (χ4n) is 2.90. The summed E-state index contributed by atoms with van der Waals surface area (Å²) in [6, 6.07) is 11.7. The minimum atomic E-state index is 0.0745. The van der Waals surface area contributed by atoms with Gasteiger partial charge in [-0.25, -0.2) is 4.98 Å². The summed E-state index contributed by atoms with van der Waals surface area (Å²) in [5, 5.41) is 0. The second-order valence-electron chi connectivity index (χ2n) is 5.81. The lowest BCUT2D eigenvalue weighted by atomic mass is 10.2. The fraction of sp³-hybridized carbons (Fsp3) is 0.333. The molecule has 5 heteroatoms. The van der Waals surface area contributed by atoms with E-state index in [1.54, 1.807) is 7.11 Å². The van der Waals surface area contributed by atoms with Crippen LogP contribution in [0.5, 0.6) is 5.75 Å². The number of carbonyl (C=O) groups excluding carboxylic acids is 1. The molecular formula is C18H21N3O2. The van der Waals surface area contributed by atoms with Crippen LogP contribution in [0.25, 0.3) is 0 Å². The molecule has 0 spiro atoms. The maximum absolute atomic E-state index is 12.6. The van der Waals surface area contributed by atoms with E-state index in [1.807, 2.05) is 60.0 Å². The van der Waals surface area contributed by atoms with Gasteiger partial charge in [0, 0.05) is 30.5 Å². The zero-order chi connectivity index (χ0) is 16.4. The summed E-state index contributed by atoms with van der Waals surface area (Å²) in [6.07, 6.45) is 0. The van der Waals surface area contributed by atoms with Gasteiger partial charge in [-0.3, -0.25) is 4.79 Å². The Hall–Kier alpha value is -2.56. The smallest absolute Gasteiger partial charge is 0.246 e. The van der Waals surface area contributed by atoms with Crippen molar-refractivity contribution in [3.63, 3.8) is 0 Å². The molecule has 3 rings (SSSR count). The van der Waals surface area contributed by atoms with E-state index in [2.05, 4.69) is 4.98 Å². The predicted molar refractivity (Wildman–Crippen MR) is 91.3 cm³/mol. The SMILES string of the molecule is COc1cccc(N2CCN(c3cc(C)cc(C)n3)CC2=O)c1. The van der Waals surface area contributed by atoms with Crippen molar-refractivity contribution < 1.29 is 9.53 Å². The molecule has 0 bridgehead atoms.